The van der Waals surface area contributed by atoms with Crippen LogP contribution in [0.5, 0.6) is 0 Å². The Morgan fingerprint density at radius 2 is 0.853 bits per heavy atom. The van der Waals surface area contributed by atoms with E-state index in [0.29, 0.717) is 61.2 Å². The third-order valence-electron chi connectivity index (χ3n) is 17.4. The number of unbranched alkanes of at least 4 members (excludes halogenated alkanes) is 6. The van der Waals surface area contributed by atoms with Gasteiger partial charge < -0.3 is 67.5 Å². The SMILES string of the molecule is C=C(C)C(=O)OCC1CC(=O)O1.C=C(C)C(=O)OCC=CC(=O)O.C=CCCCCC1CC(=O)O1.C=CCCCCC=CC(=O)O.O=C(O)C=CC1CCCCC1.O=C(O)C=CCCCc1ccco1.O=C(O)C=Cc1ccccc1.O=C1CC(C2CCCCC2)O1.O=C1CC(CCCc2ccco2)O1.O=C1CC(c2ccccc2)O1. The van der Waals surface area contributed by atoms with E-state index in [9.17, 15) is 57.5 Å². The van der Waals surface area contributed by atoms with Gasteiger partial charge in [0.25, 0.3) is 0 Å². The van der Waals surface area contributed by atoms with E-state index in [2.05, 4.69) is 35.8 Å². The lowest BCUT2D eigenvalue weighted by molar-refractivity contribution is -0.177. The smallest absolute Gasteiger partial charge is 0.333 e. The lowest BCUT2D eigenvalue weighted by atomic mass is 9.82. The van der Waals surface area contributed by atoms with Gasteiger partial charge in [-0.1, -0.05) is 143 Å². The first kappa shape index (κ1) is 100. The number of allylic oxidation sites excluding steroid dienone is 5. The van der Waals surface area contributed by atoms with Crippen molar-refractivity contribution in [3.8, 4) is 0 Å². The first-order chi connectivity index (χ1) is 55.7. The highest BCUT2D eigenvalue weighted by molar-refractivity contribution is 5.88. The molecule has 11 rings (SSSR count). The molecule has 5 N–H and O–H groups in total. The minimum Gasteiger partial charge on any atom is -0.478 e. The summed E-state index contributed by atoms with van der Waals surface area (Å²) in [7, 11) is 0. The molecule has 2 aromatic heterocycles. The molecule has 2 aliphatic carbocycles. The van der Waals surface area contributed by atoms with Crippen molar-refractivity contribution in [2.45, 2.75) is 231 Å². The van der Waals surface area contributed by atoms with Gasteiger partial charge in [0, 0.05) is 54.4 Å². The molecule has 7 aliphatic rings. The molecule has 4 aromatic rings. The first-order valence-electron chi connectivity index (χ1n) is 39.2. The lowest BCUT2D eigenvalue weighted by Gasteiger charge is -2.35. The average Bonchev–Trinajstić information content (AvgIpc) is 1.26. The molecule has 2 aromatic carbocycles. The zero-order valence-electron chi connectivity index (χ0n) is 66.8. The summed E-state index contributed by atoms with van der Waals surface area (Å²) in [5.74, 6) is -2.82. The normalized spacial score (nSPS) is 17.9. The largest absolute Gasteiger partial charge is 0.478 e. The van der Waals surface area contributed by atoms with Crippen molar-refractivity contribution in [2.75, 3.05) is 13.2 Å². The van der Waals surface area contributed by atoms with Crippen LogP contribution in [0.4, 0.5) is 0 Å². The Labute approximate surface area is 679 Å². The van der Waals surface area contributed by atoms with Gasteiger partial charge in [-0.15, -0.1) is 13.2 Å². The van der Waals surface area contributed by atoms with Crippen LogP contribution in [0.3, 0.4) is 0 Å². The number of rotatable bonds is 33. The second kappa shape index (κ2) is 62.7. The Balaban J connectivity index is 0.000000437. The first-order valence-corrected chi connectivity index (χ1v) is 39.2. The van der Waals surface area contributed by atoms with E-state index in [1.807, 2.05) is 103 Å². The summed E-state index contributed by atoms with van der Waals surface area (Å²) in [4.78, 5) is 124. The van der Waals surface area contributed by atoms with Gasteiger partial charge in [0.2, 0.25) is 0 Å². The van der Waals surface area contributed by atoms with E-state index >= 15 is 0 Å². The summed E-state index contributed by atoms with van der Waals surface area (Å²) in [6, 6.07) is 26.7. The fourth-order valence-corrected chi connectivity index (χ4v) is 11.1. The molecule has 26 heteroatoms. The molecule has 0 bridgehead atoms. The number of aliphatic carboxylic acids is 5. The van der Waals surface area contributed by atoms with Crippen LogP contribution in [0.15, 0.2) is 211 Å². The van der Waals surface area contributed by atoms with Crippen LogP contribution in [-0.2, 0) is 104 Å². The maximum atomic E-state index is 10.8. The lowest BCUT2D eigenvalue weighted by Crippen LogP contribution is -2.39. The topological polar surface area (TPSA) is 397 Å². The Morgan fingerprint density at radius 3 is 1.30 bits per heavy atom. The average molecular weight is 1610 g/mol. The number of carboxylic acid groups (broad SMARTS) is 5. The number of carboxylic acids is 5. The van der Waals surface area contributed by atoms with Crippen molar-refractivity contribution in [3.05, 3.63) is 224 Å². The van der Waals surface area contributed by atoms with Crippen molar-refractivity contribution in [1.82, 2.24) is 0 Å². The van der Waals surface area contributed by atoms with Gasteiger partial charge in [-0.3, -0.25) is 24.0 Å². The molecule has 7 fully saturated rings. The summed E-state index contributed by atoms with van der Waals surface area (Å²) >= 11 is 0. The summed E-state index contributed by atoms with van der Waals surface area (Å²) in [6.07, 6.45) is 50.6. The number of benzene rings is 2. The zero-order valence-corrected chi connectivity index (χ0v) is 66.8. The molecule has 5 aliphatic heterocycles. The van der Waals surface area contributed by atoms with E-state index in [1.165, 1.54) is 95.4 Å². The maximum Gasteiger partial charge on any atom is 0.333 e. The number of carbonyl (C=O) groups is 12. The van der Waals surface area contributed by atoms with Crippen molar-refractivity contribution < 1.29 is 125 Å². The van der Waals surface area contributed by atoms with E-state index in [-0.39, 0.29) is 67.5 Å². The summed E-state index contributed by atoms with van der Waals surface area (Å²) in [5, 5.41) is 41.3. The van der Waals surface area contributed by atoms with Crippen LogP contribution in [0.25, 0.3) is 6.08 Å². The van der Waals surface area contributed by atoms with E-state index in [1.54, 1.807) is 37.7 Å². The molecule has 0 spiro atoms. The van der Waals surface area contributed by atoms with Gasteiger partial charge in [-0.2, -0.15) is 0 Å². The summed E-state index contributed by atoms with van der Waals surface area (Å²) in [6.45, 7) is 17.2. The van der Waals surface area contributed by atoms with Crippen molar-refractivity contribution in [2.24, 2.45) is 11.8 Å². The fourth-order valence-electron chi connectivity index (χ4n) is 11.1. The maximum absolute atomic E-state index is 10.8. The molecule has 5 saturated heterocycles. The highest BCUT2D eigenvalue weighted by atomic mass is 16.6. The molecule has 116 heavy (non-hydrogen) atoms. The Bertz CT molecular complexity index is 3710. The number of esters is 7. The van der Waals surface area contributed by atoms with Crippen LogP contribution in [0.1, 0.15) is 216 Å². The minimum atomic E-state index is -1.07. The van der Waals surface area contributed by atoms with Crippen LogP contribution < -0.4 is 0 Å². The van der Waals surface area contributed by atoms with Crippen LogP contribution >= 0.6 is 0 Å². The summed E-state index contributed by atoms with van der Waals surface area (Å²) < 4.78 is 43.9. The van der Waals surface area contributed by atoms with E-state index in [0.717, 1.165) is 125 Å². The fraction of sp³-hybridized carbons (Fsp3) is 0.444. The van der Waals surface area contributed by atoms with Crippen LogP contribution in [0.2, 0.25) is 0 Å². The minimum absolute atomic E-state index is 0.000531. The number of furan rings is 2. The highest BCUT2D eigenvalue weighted by Gasteiger charge is 2.36. The second-order valence-corrected chi connectivity index (χ2v) is 27.4. The third-order valence-corrected chi connectivity index (χ3v) is 17.4. The van der Waals surface area contributed by atoms with Gasteiger partial charge in [0.15, 0.2) is 0 Å². The van der Waals surface area contributed by atoms with Crippen LogP contribution in [0, 0.1) is 11.8 Å². The Kier molecular flexibility index (Phi) is 54.3. The van der Waals surface area contributed by atoms with Crippen LogP contribution in [-0.4, -0.2) is 135 Å². The molecule has 5 unspecified atom stereocenters. The number of aryl methyl sites for hydroxylation is 2. The van der Waals surface area contributed by atoms with Crippen molar-refractivity contribution in [3.63, 3.8) is 0 Å². The highest BCUT2D eigenvalue weighted by Crippen LogP contribution is 2.34. The predicted molar refractivity (Wildman–Crippen MR) is 433 cm³/mol. The standard InChI is InChI=1S/2C10H12O3.C9H14O2.C9H8O2.2C9H14O2.C9H8O2.C9H14O2.2C8H10O4/c11-10-7-9(13-10)4-1-3-8-5-2-6-12-8;11-10(12)7-3-1-2-5-9-6-4-8-13-9;2*10-9-6-8(11-9)7-4-2-1-3-5-7;1-2-3-4-5-6-8-7-9(10)11-8;2*10-9(11)7-6-8-4-2-1-3-5-8;1-2-3-4-5-6-7-8-9(10)11;1-5(2)8(10)11-4-6-3-7(9)12-6;1-6(2)8(11)12-5-3-4-7(9)10/h2,5-6,9H,1,3-4,7H2;3-4,6-8H,1-2,5H2,(H,11,12);7-8H,1-6H2;1-5,8H,6H2;2,8H,1,3-7H2;6-8H,1-5H2,(H,10,11);1-7H,(H,10,11);2,7-8H,1,3-6H2,(H,10,11);6H,1,3-4H2,2H3;3-4H,1,5H2,2H3,(H,9,10). The number of carbonyl (C=O) groups excluding carboxylic acids is 7. The van der Waals surface area contributed by atoms with Crippen molar-refractivity contribution >= 4 is 77.7 Å². The third kappa shape index (κ3) is 53.3. The molecule has 0 amide bonds. The van der Waals surface area contributed by atoms with Gasteiger partial charge >= 0.3 is 71.6 Å². The zero-order chi connectivity index (χ0) is 85.5. The molecule has 7 heterocycles. The number of hydrogen-bond donors (Lipinski definition) is 5. The van der Waals surface area contributed by atoms with Gasteiger partial charge in [0.05, 0.1) is 44.6 Å². The van der Waals surface area contributed by atoms with E-state index < -0.39 is 41.8 Å². The predicted octanol–water partition coefficient (Wildman–Crippen LogP) is 17.3. The second-order valence-electron chi connectivity index (χ2n) is 27.4. The molecule has 26 nitrogen and oxygen atoms in total. The molecule has 0 radical (unpaired) electrons. The molecular weight excluding hydrogens is 1500 g/mol. The monoisotopic (exact) mass is 1610 g/mol. The molecular formula is C90H116O26. The van der Waals surface area contributed by atoms with Gasteiger partial charge in [0.1, 0.15) is 55.3 Å². The number of hydrogen-bond acceptors (Lipinski definition) is 21. The van der Waals surface area contributed by atoms with Gasteiger partial charge in [-0.05, 0) is 176 Å². The number of ether oxygens (including phenoxy) is 7. The molecule has 632 valence electrons. The molecule has 2 saturated carbocycles. The Morgan fingerprint density at radius 1 is 0.440 bits per heavy atom. The van der Waals surface area contributed by atoms with Crippen molar-refractivity contribution in [1.29, 1.82) is 0 Å². The summed E-state index contributed by atoms with van der Waals surface area (Å²) in [5.41, 5.74) is 2.63. The number of cyclic esters (lactones) is 5. The Hall–Kier alpha value is -11.7. The quantitative estimate of drug-likeness (QED) is 0.00972. The van der Waals surface area contributed by atoms with E-state index in [4.69, 9.17) is 58.1 Å². The molecule has 5 atom stereocenters. The van der Waals surface area contributed by atoms with Gasteiger partial charge in [-0.25, -0.2) is 33.6 Å².